The number of fused-ring (bicyclic) bond motifs is 2. The van der Waals surface area contributed by atoms with E-state index in [1.165, 1.54) is 25.7 Å². The zero-order chi connectivity index (χ0) is 12.5. The molecule has 4 unspecified atom stereocenters. The van der Waals surface area contributed by atoms with E-state index in [0.717, 1.165) is 17.8 Å². The lowest BCUT2D eigenvalue weighted by atomic mass is 9.84. The molecule has 2 fully saturated rings. The Hall–Kier alpha value is -0.0900. The zero-order valence-electron chi connectivity index (χ0n) is 11.0. The summed E-state index contributed by atoms with van der Waals surface area (Å²) in [6.45, 7) is 4.56. The molecule has 0 heterocycles. The van der Waals surface area contributed by atoms with Crippen molar-refractivity contribution >= 4 is 9.84 Å². The van der Waals surface area contributed by atoms with Gasteiger partial charge in [0.15, 0.2) is 9.84 Å². The van der Waals surface area contributed by atoms with E-state index in [-0.39, 0.29) is 11.5 Å². The Morgan fingerprint density at radius 2 is 2.06 bits per heavy atom. The van der Waals surface area contributed by atoms with E-state index in [0.29, 0.717) is 12.6 Å². The molecule has 0 aromatic heterocycles. The van der Waals surface area contributed by atoms with Crippen molar-refractivity contribution in [1.29, 1.82) is 0 Å². The Morgan fingerprint density at radius 3 is 2.59 bits per heavy atom. The number of hydrogen-bond acceptors (Lipinski definition) is 3. The van der Waals surface area contributed by atoms with Crippen molar-refractivity contribution in [2.75, 3.05) is 18.1 Å². The molecule has 1 N–H and O–H groups in total. The van der Waals surface area contributed by atoms with Gasteiger partial charge in [-0.1, -0.05) is 13.3 Å². The summed E-state index contributed by atoms with van der Waals surface area (Å²) in [7, 11) is -2.81. The third-order valence-electron chi connectivity index (χ3n) is 4.75. The van der Waals surface area contributed by atoms with Crippen molar-refractivity contribution in [3.63, 3.8) is 0 Å². The highest BCUT2D eigenvalue weighted by Gasteiger charge is 2.41. The van der Waals surface area contributed by atoms with Crippen LogP contribution < -0.4 is 5.32 Å². The second-order valence-corrected chi connectivity index (χ2v) is 8.29. The van der Waals surface area contributed by atoms with Crippen LogP contribution in [0.25, 0.3) is 0 Å². The molecule has 0 saturated heterocycles. The van der Waals surface area contributed by atoms with Crippen LogP contribution >= 0.6 is 0 Å². The molecular weight excluding hydrogens is 234 g/mol. The molecule has 4 heteroatoms. The fourth-order valence-corrected chi connectivity index (χ4v) is 4.36. The molecule has 4 atom stereocenters. The lowest BCUT2D eigenvalue weighted by Gasteiger charge is -2.28. The molecule has 0 spiro atoms. The second-order valence-electron chi connectivity index (χ2n) is 5.82. The van der Waals surface area contributed by atoms with Gasteiger partial charge in [0.05, 0.1) is 5.75 Å². The van der Waals surface area contributed by atoms with Crippen LogP contribution in [0, 0.1) is 17.8 Å². The van der Waals surface area contributed by atoms with Crippen molar-refractivity contribution in [1.82, 2.24) is 5.32 Å². The maximum Gasteiger partial charge on any atom is 0.151 e. The lowest BCUT2D eigenvalue weighted by molar-refractivity contribution is 0.263. The van der Waals surface area contributed by atoms with E-state index < -0.39 is 9.84 Å². The van der Waals surface area contributed by atoms with E-state index >= 15 is 0 Å². The van der Waals surface area contributed by atoms with Gasteiger partial charge >= 0.3 is 0 Å². The van der Waals surface area contributed by atoms with Crippen LogP contribution in [-0.2, 0) is 9.84 Å². The topological polar surface area (TPSA) is 46.2 Å². The highest BCUT2D eigenvalue weighted by molar-refractivity contribution is 7.91. The minimum Gasteiger partial charge on any atom is -0.313 e. The largest absolute Gasteiger partial charge is 0.313 e. The predicted octanol–water partition coefficient (Wildman–Crippen LogP) is 1.84. The van der Waals surface area contributed by atoms with E-state index in [4.69, 9.17) is 0 Å². The summed E-state index contributed by atoms with van der Waals surface area (Å²) in [5.41, 5.74) is 0. The van der Waals surface area contributed by atoms with Gasteiger partial charge in [0.2, 0.25) is 0 Å². The van der Waals surface area contributed by atoms with Gasteiger partial charge in [0, 0.05) is 18.3 Å². The minimum atomic E-state index is -2.81. The molecule has 2 aliphatic carbocycles. The third-order valence-corrected chi connectivity index (χ3v) is 6.46. The molecule has 2 rings (SSSR count). The van der Waals surface area contributed by atoms with Gasteiger partial charge < -0.3 is 5.32 Å². The first-order chi connectivity index (χ1) is 8.02. The minimum absolute atomic E-state index is 0.261. The van der Waals surface area contributed by atoms with Gasteiger partial charge in [0.1, 0.15) is 0 Å². The highest BCUT2D eigenvalue weighted by Crippen LogP contribution is 2.49. The summed E-state index contributed by atoms with van der Waals surface area (Å²) < 4.78 is 22.8. The molecule has 2 bridgehead atoms. The van der Waals surface area contributed by atoms with Crippen LogP contribution in [0.2, 0.25) is 0 Å². The molecule has 0 radical (unpaired) electrons. The monoisotopic (exact) mass is 259 g/mol. The summed E-state index contributed by atoms with van der Waals surface area (Å²) in [4.78, 5) is 0. The van der Waals surface area contributed by atoms with Gasteiger partial charge in [0.25, 0.3) is 0 Å². The maximum atomic E-state index is 11.4. The second kappa shape index (κ2) is 5.27. The number of hydrogen-bond donors (Lipinski definition) is 1. The molecule has 0 aromatic carbocycles. The summed E-state index contributed by atoms with van der Waals surface area (Å²) in [5.74, 6) is 3.21. The van der Waals surface area contributed by atoms with E-state index in [9.17, 15) is 8.42 Å². The Balaban J connectivity index is 1.73. The van der Waals surface area contributed by atoms with Crippen molar-refractivity contribution in [3.05, 3.63) is 0 Å². The van der Waals surface area contributed by atoms with Crippen LogP contribution in [0.3, 0.4) is 0 Å². The van der Waals surface area contributed by atoms with Gasteiger partial charge in [-0.05, 0) is 43.9 Å². The van der Waals surface area contributed by atoms with Gasteiger partial charge in [-0.3, -0.25) is 0 Å². The van der Waals surface area contributed by atoms with Crippen LogP contribution in [-0.4, -0.2) is 32.5 Å². The molecule has 3 nitrogen and oxygen atoms in total. The maximum absolute atomic E-state index is 11.4. The molecule has 17 heavy (non-hydrogen) atoms. The standard InChI is InChI=1S/C13H25NO2S/c1-3-17(15,16)7-6-14-10(2)13-9-11-4-5-12(13)8-11/h10-14H,3-9H2,1-2H3. The molecular formula is C13H25NO2S. The Morgan fingerprint density at radius 1 is 1.29 bits per heavy atom. The SMILES string of the molecule is CCS(=O)(=O)CCNC(C)C1CC2CCC1C2. The smallest absolute Gasteiger partial charge is 0.151 e. The van der Waals surface area contributed by atoms with Gasteiger partial charge in [-0.15, -0.1) is 0 Å². The van der Waals surface area contributed by atoms with E-state index in [2.05, 4.69) is 12.2 Å². The number of sulfone groups is 1. The Labute approximate surface area is 105 Å². The summed E-state index contributed by atoms with van der Waals surface area (Å²) in [6, 6.07) is 0.484. The molecule has 0 amide bonds. The van der Waals surface area contributed by atoms with Crippen molar-refractivity contribution in [2.45, 2.75) is 45.6 Å². The van der Waals surface area contributed by atoms with E-state index in [1.807, 2.05) is 0 Å². The van der Waals surface area contributed by atoms with Crippen molar-refractivity contribution in [2.24, 2.45) is 17.8 Å². The van der Waals surface area contributed by atoms with Gasteiger partial charge in [-0.2, -0.15) is 0 Å². The first-order valence-electron chi connectivity index (χ1n) is 6.95. The zero-order valence-corrected chi connectivity index (χ0v) is 11.8. The summed E-state index contributed by atoms with van der Waals surface area (Å²) >= 11 is 0. The molecule has 2 aliphatic rings. The summed E-state index contributed by atoms with van der Waals surface area (Å²) in [6.07, 6.45) is 5.61. The van der Waals surface area contributed by atoms with Crippen molar-refractivity contribution in [3.8, 4) is 0 Å². The van der Waals surface area contributed by atoms with Crippen LogP contribution in [0.4, 0.5) is 0 Å². The summed E-state index contributed by atoms with van der Waals surface area (Å²) in [5, 5.41) is 3.42. The lowest BCUT2D eigenvalue weighted by Crippen LogP contribution is -2.38. The average Bonchev–Trinajstić information content (AvgIpc) is 2.90. The van der Waals surface area contributed by atoms with Crippen LogP contribution in [0.15, 0.2) is 0 Å². The fraction of sp³-hybridized carbons (Fsp3) is 1.00. The normalized spacial score (nSPS) is 34.1. The van der Waals surface area contributed by atoms with Crippen LogP contribution in [0.1, 0.15) is 39.5 Å². The molecule has 0 aliphatic heterocycles. The predicted molar refractivity (Wildman–Crippen MR) is 70.7 cm³/mol. The highest BCUT2D eigenvalue weighted by atomic mass is 32.2. The quantitative estimate of drug-likeness (QED) is 0.791. The third kappa shape index (κ3) is 3.22. The van der Waals surface area contributed by atoms with Gasteiger partial charge in [-0.25, -0.2) is 8.42 Å². The van der Waals surface area contributed by atoms with Crippen LogP contribution in [0.5, 0.6) is 0 Å². The average molecular weight is 259 g/mol. The van der Waals surface area contributed by atoms with Crippen molar-refractivity contribution < 1.29 is 8.42 Å². The fourth-order valence-electron chi connectivity index (χ4n) is 3.64. The first-order valence-corrected chi connectivity index (χ1v) is 8.77. The molecule has 100 valence electrons. The molecule has 2 saturated carbocycles. The number of nitrogens with one attached hydrogen (secondary N) is 1. The Kier molecular flexibility index (Phi) is 4.14. The van der Waals surface area contributed by atoms with E-state index in [1.54, 1.807) is 6.92 Å². The first kappa shape index (κ1) is 13.3. The Bertz CT molecular complexity index is 352. The molecule has 0 aromatic rings. The number of rotatable bonds is 6.